The van der Waals surface area contributed by atoms with E-state index in [2.05, 4.69) is 6.07 Å². The van der Waals surface area contributed by atoms with E-state index in [1.54, 1.807) is 43.3 Å². The molecular weight excluding hydrogens is 598 g/mol. The third kappa shape index (κ3) is 6.32. The van der Waals surface area contributed by atoms with E-state index in [0.717, 1.165) is 12.0 Å². The highest BCUT2D eigenvalue weighted by molar-refractivity contribution is 7.07. The number of aromatic nitrogens is 1. The topological polar surface area (TPSA) is 103 Å². The van der Waals surface area contributed by atoms with Crippen molar-refractivity contribution < 1.29 is 19.0 Å². The van der Waals surface area contributed by atoms with Crippen molar-refractivity contribution in [1.82, 2.24) is 4.57 Å². The number of hydrogen-bond donors (Lipinski definition) is 0. The summed E-state index contributed by atoms with van der Waals surface area (Å²) in [5, 5.41) is 9.50. The molecule has 224 valence electrons. The largest absolute Gasteiger partial charge is 0.496 e. The summed E-state index contributed by atoms with van der Waals surface area (Å²) in [5.74, 6) is 0.535. The molecule has 1 atom stereocenters. The zero-order valence-corrected chi connectivity index (χ0v) is 26.1. The fourth-order valence-electron chi connectivity index (χ4n) is 5.04. The highest BCUT2D eigenvalue weighted by atomic mass is 35.5. The van der Waals surface area contributed by atoms with Gasteiger partial charge in [-0.2, -0.15) is 5.26 Å². The van der Waals surface area contributed by atoms with Crippen molar-refractivity contribution in [3.63, 3.8) is 0 Å². The maximum Gasteiger partial charge on any atom is 0.338 e. The molecule has 8 nitrogen and oxygen atoms in total. The van der Waals surface area contributed by atoms with Crippen LogP contribution in [0, 0.1) is 11.3 Å². The van der Waals surface area contributed by atoms with Crippen LogP contribution in [0.5, 0.6) is 11.5 Å². The van der Waals surface area contributed by atoms with Crippen LogP contribution in [0.4, 0.5) is 0 Å². The zero-order valence-electron chi connectivity index (χ0n) is 24.5. The summed E-state index contributed by atoms with van der Waals surface area (Å²) < 4.78 is 19.2. The minimum Gasteiger partial charge on any atom is -0.496 e. The van der Waals surface area contributed by atoms with E-state index >= 15 is 0 Å². The molecule has 0 fully saturated rings. The predicted molar refractivity (Wildman–Crippen MR) is 170 cm³/mol. The fourth-order valence-corrected chi connectivity index (χ4v) is 6.23. The molecule has 0 saturated heterocycles. The van der Waals surface area contributed by atoms with E-state index in [-0.39, 0.29) is 18.8 Å². The smallest absolute Gasteiger partial charge is 0.338 e. The van der Waals surface area contributed by atoms with Crippen LogP contribution in [-0.2, 0) is 16.1 Å². The number of methoxy groups -OCH3 is 1. The molecule has 1 aliphatic heterocycles. The third-order valence-corrected chi connectivity index (χ3v) is 8.28. The van der Waals surface area contributed by atoms with Gasteiger partial charge in [-0.15, -0.1) is 0 Å². The van der Waals surface area contributed by atoms with Gasteiger partial charge in [0.15, 0.2) is 4.80 Å². The van der Waals surface area contributed by atoms with E-state index in [0.29, 0.717) is 60.2 Å². The number of fused-ring (bicyclic) bond motifs is 1. The number of carbonyl (C=O) groups excluding carboxylic acids is 1. The Morgan fingerprint density at radius 3 is 2.59 bits per heavy atom. The van der Waals surface area contributed by atoms with Gasteiger partial charge < -0.3 is 14.2 Å². The number of rotatable bonds is 10. The molecule has 2 heterocycles. The molecular formula is C34H30ClN3O5S. The van der Waals surface area contributed by atoms with Crippen molar-refractivity contribution in [3.8, 4) is 17.6 Å². The quantitative estimate of drug-likeness (QED) is 0.209. The number of benzene rings is 3. The van der Waals surface area contributed by atoms with Gasteiger partial charge in [-0.25, -0.2) is 9.79 Å². The van der Waals surface area contributed by atoms with Gasteiger partial charge in [0, 0.05) is 16.1 Å². The Hall–Kier alpha value is -4.65. The number of carbonyl (C=O) groups is 1. The van der Waals surface area contributed by atoms with Crippen molar-refractivity contribution in [2.24, 2.45) is 4.99 Å². The van der Waals surface area contributed by atoms with Crippen LogP contribution in [0.1, 0.15) is 55.0 Å². The molecule has 3 aromatic carbocycles. The minimum atomic E-state index is -0.856. The molecule has 0 amide bonds. The summed E-state index contributed by atoms with van der Waals surface area (Å²) in [6.45, 7) is 4.20. The highest BCUT2D eigenvalue weighted by Gasteiger charge is 2.36. The van der Waals surface area contributed by atoms with Crippen LogP contribution in [-0.4, -0.2) is 24.3 Å². The van der Waals surface area contributed by atoms with E-state index in [1.807, 2.05) is 43.3 Å². The van der Waals surface area contributed by atoms with Crippen LogP contribution in [0.25, 0.3) is 6.08 Å². The average molecular weight is 628 g/mol. The molecule has 4 aromatic rings. The van der Waals surface area contributed by atoms with Gasteiger partial charge in [0.25, 0.3) is 5.56 Å². The van der Waals surface area contributed by atoms with E-state index in [9.17, 15) is 9.59 Å². The summed E-state index contributed by atoms with van der Waals surface area (Å²) in [6.07, 6.45) is 3.03. The fraction of sp³-hybridized carbons (Fsp3) is 0.235. The van der Waals surface area contributed by atoms with Crippen LogP contribution < -0.4 is 24.4 Å². The molecule has 0 spiro atoms. The first-order chi connectivity index (χ1) is 21.4. The Labute approximate surface area is 263 Å². The first-order valence-corrected chi connectivity index (χ1v) is 15.3. The summed E-state index contributed by atoms with van der Waals surface area (Å²) in [5.41, 5.74) is 3.29. The molecule has 1 aromatic heterocycles. The maximum atomic E-state index is 14.2. The Morgan fingerprint density at radius 1 is 1.11 bits per heavy atom. The number of allylic oxidation sites excluding steroid dienone is 1. The number of para-hydroxylation sites is 1. The molecule has 0 aliphatic carbocycles. The molecule has 1 aliphatic rings. The Bertz CT molecular complexity index is 1950. The first kappa shape index (κ1) is 30.8. The number of thiazole rings is 1. The normalized spacial score (nSPS) is 14.4. The molecule has 10 heteroatoms. The lowest BCUT2D eigenvalue weighted by atomic mass is 9.93. The second-order valence-electron chi connectivity index (χ2n) is 9.94. The molecule has 0 unspecified atom stereocenters. The second kappa shape index (κ2) is 13.8. The summed E-state index contributed by atoms with van der Waals surface area (Å²) in [4.78, 5) is 32.9. The minimum absolute atomic E-state index is 0.171. The van der Waals surface area contributed by atoms with Crippen molar-refractivity contribution in [3.05, 3.63) is 125 Å². The molecule has 0 saturated carbocycles. The third-order valence-electron chi connectivity index (χ3n) is 7.06. The van der Waals surface area contributed by atoms with Gasteiger partial charge in [0.1, 0.15) is 24.1 Å². The highest BCUT2D eigenvalue weighted by Crippen LogP contribution is 2.38. The summed E-state index contributed by atoms with van der Waals surface area (Å²) >= 11 is 7.67. The molecule has 0 radical (unpaired) electrons. The van der Waals surface area contributed by atoms with Gasteiger partial charge in [0.2, 0.25) is 0 Å². The molecule has 0 bridgehead atoms. The van der Waals surface area contributed by atoms with Crippen molar-refractivity contribution in [1.29, 1.82) is 5.26 Å². The zero-order chi connectivity index (χ0) is 31.2. The summed E-state index contributed by atoms with van der Waals surface area (Å²) in [6, 6.07) is 21.0. The number of ether oxygens (including phenoxy) is 3. The van der Waals surface area contributed by atoms with Gasteiger partial charge >= 0.3 is 5.97 Å². The lowest BCUT2D eigenvalue weighted by Gasteiger charge is -2.27. The SMILES string of the molecule is CCCC1=C(C(=O)OCC)[C@H](c2cc(Cl)ccc2OC)n2c(s/c(=C/c3ccccc3OCc3ccc(C#N)cc3)c2=O)=N1. The van der Waals surface area contributed by atoms with Crippen LogP contribution in [0.3, 0.4) is 0 Å². The van der Waals surface area contributed by atoms with Crippen molar-refractivity contribution in [2.45, 2.75) is 39.3 Å². The van der Waals surface area contributed by atoms with E-state index in [1.165, 1.54) is 23.0 Å². The Kier molecular flexibility index (Phi) is 9.63. The number of hydrogen-bond acceptors (Lipinski definition) is 8. The van der Waals surface area contributed by atoms with Gasteiger partial charge in [-0.05, 0) is 61.4 Å². The van der Waals surface area contributed by atoms with Crippen molar-refractivity contribution in [2.75, 3.05) is 13.7 Å². The average Bonchev–Trinajstić information content (AvgIpc) is 3.34. The number of esters is 1. The summed E-state index contributed by atoms with van der Waals surface area (Å²) in [7, 11) is 1.53. The predicted octanol–water partition coefficient (Wildman–Crippen LogP) is 5.69. The van der Waals surface area contributed by atoms with Crippen LogP contribution in [0.2, 0.25) is 5.02 Å². The second-order valence-corrected chi connectivity index (χ2v) is 11.4. The standard InChI is InChI=1S/C34H30ClN3O5S/c1-4-8-26-30(33(40)42-5-2)31(25-18-24(35)15-16-28(25)41-3)38-32(39)29(44-34(38)37-26)17-23-9-6-7-10-27(23)43-20-22-13-11-21(19-36)12-14-22/h6-7,9-18,31H,4-5,8,20H2,1-3H3/b29-17+/t31-/m0/s1. The van der Waals surface area contributed by atoms with Gasteiger partial charge in [-0.3, -0.25) is 9.36 Å². The monoisotopic (exact) mass is 627 g/mol. The first-order valence-electron chi connectivity index (χ1n) is 14.1. The van der Waals surface area contributed by atoms with Gasteiger partial charge in [-0.1, -0.05) is 66.6 Å². The van der Waals surface area contributed by atoms with Crippen LogP contribution >= 0.6 is 22.9 Å². The Balaban J connectivity index is 1.65. The Morgan fingerprint density at radius 2 is 1.89 bits per heavy atom. The molecule has 5 rings (SSSR count). The van der Waals surface area contributed by atoms with Crippen molar-refractivity contribution >= 4 is 35.0 Å². The lowest BCUT2D eigenvalue weighted by Crippen LogP contribution is -2.40. The lowest BCUT2D eigenvalue weighted by molar-refractivity contribution is -0.139. The van der Waals surface area contributed by atoms with E-state index in [4.69, 9.17) is 36.1 Å². The number of nitrogens with zero attached hydrogens (tertiary/aromatic N) is 3. The van der Waals surface area contributed by atoms with Gasteiger partial charge in [0.05, 0.1) is 41.2 Å². The van der Waals surface area contributed by atoms with Crippen LogP contribution in [0.15, 0.2) is 87.8 Å². The van der Waals surface area contributed by atoms with E-state index < -0.39 is 12.0 Å². The number of halogens is 1. The molecule has 44 heavy (non-hydrogen) atoms. The maximum absolute atomic E-state index is 14.2. The molecule has 0 N–H and O–H groups in total. The number of nitriles is 1.